The van der Waals surface area contributed by atoms with Gasteiger partial charge < -0.3 is 9.47 Å². The second kappa shape index (κ2) is 6.11. The number of nitrogens with zero attached hydrogens (tertiary/aromatic N) is 2. The van der Waals surface area contributed by atoms with Crippen LogP contribution in [0.2, 0.25) is 4.34 Å². The van der Waals surface area contributed by atoms with E-state index in [4.69, 9.17) is 11.6 Å². The maximum atomic E-state index is 12.4. The van der Waals surface area contributed by atoms with Gasteiger partial charge in [-0.05, 0) is 41.1 Å². The quantitative estimate of drug-likeness (QED) is 0.799. The van der Waals surface area contributed by atoms with Crippen molar-refractivity contribution >= 4 is 44.8 Å². The lowest BCUT2D eigenvalue weighted by Gasteiger charge is -2.17. The monoisotopic (exact) mass is 360 g/mol. The van der Waals surface area contributed by atoms with Gasteiger partial charge in [-0.2, -0.15) is 0 Å². The van der Waals surface area contributed by atoms with E-state index in [-0.39, 0.29) is 5.91 Å². The molecule has 102 valence electrons. The molecule has 0 bridgehead atoms. The number of hydrogen-bond donors (Lipinski definition) is 0. The van der Waals surface area contributed by atoms with E-state index in [2.05, 4.69) is 15.9 Å². The predicted molar refractivity (Wildman–Crippen MR) is 82.9 cm³/mol. The second-order valence-electron chi connectivity index (χ2n) is 4.20. The molecule has 1 amide bonds. The van der Waals surface area contributed by atoms with Crippen LogP contribution >= 0.6 is 38.9 Å². The van der Waals surface area contributed by atoms with Gasteiger partial charge in [0.05, 0.1) is 10.9 Å². The first-order chi connectivity index (χ1) is 9.01. The molecule has 0 spiro atoms. The lowest BCUT2D eigenvalue weighted by molar-refractivity contribution is 0.0776. The molecule has 0 unspecified atom stereocenters. The highest BCUT2D eigenvalue weighted by molar-refractivity contribution is 9.10. The average Bonchev–Trinajstić information content (AvgIpc) is 2.94. The molecule has 3 nitrogen and oxygen atoms in total. The van der Waals surface area contributed by atoms with Gasteiger partial charge in [-0.15, -0.1) is 11.3 Å². The Morgan fingerprint density at radius 2 is 2.26 bits per heavy atom. The van der Waals surface area contributed by atoms with Crippen molar-refractivity contribution in [1.29, 1.82) is 0 Å². The number of rotatable bonds is 4. The third kappa shape index (κ3) is 3.41. The van der Waals surface area contributed by atoms with Crippen LogP contribution in [-0.2, 0) is 13.1 Å². The Labute approximate surface area is 129 Å². The summed E-state index contributed by atoms with van der Waals surface area (Å²) in [5.74, 6) is 0.0112. The summed E-state index contributed by atoms with van der Waals surface area (Å²) in [5, 5.41) is 0. The predicted octanol–water partition coefficient (Wildman–Crippen LogP) is 4.26. The SMILES string of the molecule is CCn1cc(Br)cc1C(=O)N(C)Cc1ccc(Cl)s1. The molecular formula is C13H14BrClN2OS. The molecule has 0 saturated carbocycles. The fourth-order valence-electron chi connectivity index (χ4n) is 1.85. The molecule has 0 radical (unpaired) electrons. The van der Waals surface area contributed by atoms with Crippen molar-refractivity contribution in [2.45, 2.75) is 20.0 Å². The van der Waals surface area contributed by atoms with Crippen molar-refractivity contribution in [3.63, 3.8) is 0 Å². The summed E-state index contributed by atoms with van der Waals surface area (Å²) in [6, 6.07) is 5.65. The number of hydrogen-bond acceptors (Lipinski definition) is 2. The van der Waals surface area contributed by atoms with E-state index in [1.807, 2.05) is 35.9 Å². The molecular weight excluding hydrogens is 348 g/mol. The van der Waals surface area contributed by atoms with Crippen molar-refractivity contribution in [2.75, 3.05) is 7.05 Å². The molecule has 0 saturated heterocycles. The molecule has 0 aliphatic heterocycles. The molecule has 2 heterocycles. The van der Waals surface area contributed by atoms with Crippen LogP contribution in [0.1, 0.15) is 22.3 Å². The number of amides is 1. The number of carbonyl (C=O) groups excluding carboxylic acids is 1. The van der Waals surface area contributed by atoms with Gasteiger partial charge in [0.15, 0.2) is 0 Å². The minimum absolute atomic E-state index is 0.0112. The fraction of sp³-hybridized carbons (Fsp3) is 0.308. The molecule has 0 aliphatic carbocycles. The van der Waals surface area contributed by atoms with Gasteiger partial charge in [0.2, 0.25) is 0 Å². The Morgan fingerprint density at radius 3 is 2.84 bits per heavy atom. The van der Waals surface area contributed by atoms with E-state index in [1.165, 1.54) is 11.3 Å². The van der Waals surface area contributed by atoms with Crippen molar-refractivity contribution in [3.8, 4) is 0 Å². The summed E-state index contributed by atoms with van der Waals surface area (Å²) in [4.78, 5) is 15.2. The lowest BCUT2D eigenvalue weighted by Crippen LogP contribution is -2.27. The van der Waals surface area contributed by atoms with E-state index < -0.39 is 0 Å². The van der Waals surface area contributed by atoms with Gasteiger partial charge in [0.25, 0.3) is 5.91 Å². The summed E-state index contributed by atoms with van der Waals surface area (Å²) in [7, 11) is 1.80. The fourth-order valence-corrected chi connectivity index (χ4v) is 3.46. The average molecular weight is 362 g/mol. The first-order valence-electron chi connectivity index (χ1n) is 5.86. The zero-order valence-electron chi connectivity index (χ0n) is 10.7. The summed E-state index contributed by atoms with van der Waals surface area (Å²) >= 11 is 10.8. The number of carbonyl (C=O) groups is 1. The zero-order valence-corrected chi connectivity index (χ0v) is 13.8. The number of aryl methyl sites for hydroxylation is 1. The number of thiophene rings is 1. The Balaban J connectivity index is 2.14. The maximum Gasteiger partial charge on any atom is 0.270 e. The second-order valence-corrected chi connectivity index (χ2v) is 6.91. The van der Waals surface area contributed by atoms with E-state index in [9.17, 15) is 4.79 Å². The van der Waals surface area contributed by atoms with Crippen LogP contribution in [0.4, 0.5) is 0 Å². The van der Waals surface area contributed by atoms with Crippen LogP contribution in [0, 0.1) is 0 Å². The van der Waals surface area contributed by atoms with Crippen LogP contribution in [0.3, 0.4) is 0 Å². The van der Waals surface area contributed by atoms with Crippen LogP contribution in [0.25, 0.3) is 0 Å². The Kier molecular flexibility index (Phi) is 4.71. The summed E-state index contributed by atoms with van der Waals surface area (Å²) < 4.78 is 3.60. The van der Waals surface area contributed by atoms with Gasteiger partial charge >= 0.3 is 0 Å². The van der Waals surface area contributed by atoms with Crippen LogP contribution < -0.4 is 0 Å². The third-order valence-electron chi connectivity index (χ3n) is 2.79. The molecule has 2 aromatic heterocycles. The normalized spacial score (nSPS) is 10.7. The van der Waals surface area contributed by atoms with Gasteiger partial charge in [-0.25, -0.2) is 0 Å². The third-order valence-corrected chi connectivity index (χ3v) is 4.44. The van der Waals surface area contributed by atoms with E-state index >= 15 is 0 Å². The minimum Gasteiger partial charge on any atom is -0.343 e. The van der Waals surface area contributed by atoms with E-state index in [0.29, 0.717) is 12.2 Å². The summed E-state index contributed by atoms with van der Waals surface area (Å²) in [6.07, 6.45) is 1.92. The molecule has 0 aliphatic rings. The van der Waals surface area contributed by atoms with Gasteiger partial charge in [0.1, 0.15) is 5.69 Å². The number of aromatic nitrogens is 1. The van der Waals surface area contributed by atoms with Crippen molar-refractivity contribution in [2.24, 2.45) is 0 Å². The van der Waals surface area contributed by atoms with Crippen LogP contribution in [0.15, 0.2) is 28.9 Å². The van der Waals surface area contributed by atoms with Crippen LogP contribution in [0.5, 0.6) is 0 Å². The highest BCUT2D eigenvalue weighted by Crippen LogP contribution is 2.23. The molecule has 0 N–H and O–H groups in total. The molecule has 2 rings (SSSR count). The smallest absolute Gasteiger partial charge is 0.270 e. The highest BCUT2D eigenvalue weighted by atomic mass is 79.9. The maximum absolute atomic E-state index is 12.4. The molecule has 6 heteroatoms. The standard InChI is InChI=1S/C13H14BrClN2OS/c1-3-17-7-9(14)6-11(17)13(18)16(2)8-10-4-5-12(15)19-10/h4-7H,3,8H2,1-2H3. The van der Waals surface area contributed by atoms with Crippen LogP contribution in [-0.4, -0.2) is 22.4 Å². The Bertz CT molecular complexity index is 593. The lowest BCUT2D eigenvalue weighted by atomic mass is 10.3. The topological polar surface area (TPSA) is 25.2 Å². The first-order valence-corrected chi connectivity index (χ1v) is 7.85. The van der Waals surface area contributed by atoms with Gasteiger partial charge in [-0.1, -0.05) is 11.6 Å². The van der Waals surface area contributed by atoms with Crippen molar-refractivity contribution in [3.05, 3.63) is 43.8 Å². The summed E-state index contributed by atoms with van der Waals surface area (Å²) in [6.45, 7) is 3.36. The first kappa shape index (κ1) is 14.6. The molecule has 2 aromatic rings. The summed E-state index contributed by atoms with van der Waals surface area (Å²) in [5.41, 5.74) is 0.694. The minimum atomic E-state index is 0.0112. The molecule has 0 fully saturated rings. The number of halogens is 2. The van der Waals surface area contributed by atoms with Gasteiger partial charge in [0, 0.05) is 29.1 Å². The Morgan fingerprint density at radius 1 is 1.53 bits per heavy atom. The van der Waals surface area contributed by atoms with E-state index in [1.54, 1.807) is 11.9 Å². The molecule has 0 atom stereocenters. The zero-order chi connectivity index (χ0) is 14.0. The van der Waals surface area contributed by atoms with Crippen molar-refractivity contribution < 1.29 is 4.79 Å². The van der Waals surface area contributed by atoms with Gasteiger partial charge in [-0.3, -0.25) is 4.79 Å². The van der Waals surface area contributed by atoms with Crippen molar-refractivity contribution in [1.82, 2.24) is 9.47 Å². The van der Waals surface area contributed by atoms with E-state index in [0.717, 1.165) is 20.2 Å². The highest BCUT2D eigenvalue weighted by Gasteiger charge is 2.17. The Hall–Kier alpha value is -0.780. The largest absolute Gasteiger partial charge is 0.343 e. The molecule has 0 aromatic carbocycles. The molecule has 19 heavy (non-hydrogen) atoms.